The van der Waals surface area contributed by atoms with Gasteiger partial charge in [0.25, 0.3) is 5.91 Å². The van der Waals surface area contributed by atoms with Crippen LogP contribution in [0.4, 0.5) is 18.9 Å². The lowest BCUT2D eigenvalue weighted by Gasteiger charge is -2.31. The SMILES string of the molecule is CN(CCC#Cc1cccc2c1n(C)c(=O)n2C1CCC(=O)NC1=O)C[C@H]1CC[C@H](n2cc3cc(NC(=O)c4cccc(C(F)(F)F)n4)c(C(C)(C)O)cc3n2)CC1. The van der Waals surface area contributed by atoms with Gasteiger partial charge in [0, 0.05) is 55.8 Å². The second-order valence-corrected chi connectivity index (χ2v) is 15.8. The highest BCUT2D eigenvalue weighted by molar-refractivity contribution is 6.04. The molecule has 3 N–H and O–H groups in total. The third kappa shape index (κ3) is 8.41. The number of amides is 3. The van der Waals surface area contributed by atoms with Gasteiger partial charge in [0.2, 0.25) is 11.8 Å². The molecule has 2 aromatic carbocycles. The summed E-state index contributed by atoms with van der Waals surface area (Å²) in [5.41, 5.74) is -0.0936. The van der Waals surface area contributed by atoms with E-state index in [1.165, 1.54) is 15.2 Å². The Labute approximate surface area is 332 Å². The molecule has 16 heteroatoms. The predicted octanol–water partition coefficient (Wildman–Crippen LogP) is 5.67. The summed E-state index contributed by atoms with van der Waals surface area (Å²) >= 11 is 0. The van der Waals surface area contributed by atoms with Crippen molar-refractivity contribution in [1.82, 2.24) is 34.1 Å². The second kappa shape index (κ2) is 15.9. The van der Waals surface area contributed by atoms with E-state index >= 15 is 0 Å². The molecule has 0 spiro atoms. The molecule has 7 rings (SSSR count). The lowest BCUT2D eigenvalue weighted by atomic mass is 9.86. The standard InChI is InChI=1S/C42H45F3N8O5/c1-41(2,58)29-22-31-27(21-32(29)47-38(55)30-11-8-13-35(46-30)42(43,44)45)24-52(49-31)28-16-14-25(15-17-28)23-50(3)20-6-5-9-26-10-7-12-33-37(26)51(4)40(57)53(33)34-18-19-36(54)48-39(34)56/h7-8,10-13,21-22,24-25,28,34,58H,6,14-20,23H2,1-4H3,(H,47,55)(H,48,54,56)/t25-,28-,34?. The number of anilines is 1. The largest absolute Gasteiger partial charge is 0.433 e. The Balaban J connectivity index is 0.958. The van der Waals surface area contributed by atoms with Crippen LogP contribution in [-0.2, 0) is 28.4 Å². The van der Waals surface area contributed by atoms with Crippen molar-refractivity contribution in [1.29, 1.82) is 0 Å². The molecule has 0 radical (unpaired) electrons. The zero-order chi connectivity index (χ0) is 41.5. The molecule has 1 aliphatic carbocycles. The van der Waals surface area contributed by atoms with E-state index in [1.807, 2.05) is 23.0 Å². The van der Waals surface area contributed by atoms with Crippen molar-refractivity contribution in [2.45, 2.75) is 82.7 Å². The second-order valence-electron chi connectivity index (χ2n) is 15.8. The van der Waals surface area contributed by atoms with Crippen LogP contribution < -0.4 is 16.3 Å². The Kier molecular flexibility index (Phi) is 11.1. The topological polar surface area (TPSA) is 156 Å². The number of nitrogens with one attached hydrogen (secondary N) is 2. The molecule has 13 nitrogen and oxygen atoms in total. The first-order valence-corrected chi connectivity index (χ1v) is 19.3. The fraction of sp³-hybridized carbons (Fsp3) is 0.429. The highest BCUT2D eigenvalue weighted by Gasteiger charge is 2.34. The summed E-state index contributed by atoms with van der Waals surface area (Å²) < 4.78 is 44.6. The van der Waals surface area contributed by atoms with Gasteiger partial charge in [0.05, 0.1) is 33.8 Å². The molecular weight excluding hydrogens is 754 g/mol. The number of nitrogens with zero attached hydrogens (tertiary/aromatic N) is 6. The van der Waals surface area contributed by atoms with Crippen LogP contribution in [0.15, 0.2) is 59.5 Å². The number of carbonyl (C=O) groups is 3. The summed E-state index contributed by atoms with van der Waals surface area (Å²) in [7, 11) is 3.74. The normalized spacial score (nSPS) is 19.0. The van der Waals surface area contributed by atoms with Crippen LogP contribution >= 0.6 is 0 Å². The van der Waals surface area contributed by atoms with Gasteiger partial charge in [0.15, 0.2) is 0 Å². The Hall–Kier alpha value is -5.79. The van der Waals surface area contributed by atoms with Crippen LogP contribution in [-0.4, -0.2) is 71.8 Å². The molecule has 1 saturated heterocycles. The Morgan fingerprint density at radius 1 is 1.05 bits per heavy atom. The first kappa shape index (κ1) is 40.4. The lowest BCUT2D eigenvalue weighted by Crippen LogP contribution is -2.44. The molecule has 3 amide bonds. The van der Waals surface area contributed by atoms with Crippen molar-refractivity contribution >= 4 is 45.3 Å². The molecule has 58 heavy (non-hydrogen) atoms. The number of aromatic nitrogens is 5. The third-order valence-electron chi connectivity index (χ3n) is 11.1. The molecule has 0 bridgehead atoms. The number of para-hydroxylation sites is 1. The molecule has 3 aromatic heterocycles. The third-order valence-corrected chi connectivity index (χ3v) is 11.1. The predicted molar refractivity (Wildman–Crippen MR) is 211 cm³/mol. The average molecular weight is 799 g/mol. The number of pyridine rings is 1. The molecule has 4 heterocycles. The van der Waals surface area contributed by atoms with Gasteiger partial charge in [-0.15, -0.1) is 0 Å². The first-order chi connectivity index (χ1) is 27.5. The Bertz CT molecular complexity index is 2530. The number of aliphatic hydroxyl groups is 1. The van der Waals surface area contributed by atoms with Gasteiger partial charge in [-0.2, -0.15) is 18.3 Å². The summed E-state index contributed by atoms with van der Waals surface area (Å²) in [6, 6.07) is 11.4. The van der Waals surface area contributed by atoms with Gasteiger partial charge in [-0.05, 0) is 95.3 Å². The number of rotatable bonds is 9. The van der Waals surface area contributed by atoms with E-state index in [1.54, 1.807) is 39.1 Å². The van der Waals surface area contributed by atoms with E-state index < -0.39 is 41.0 Å². The van der Waals surface area contributed by atoms with Crippen molar-refractivity contribution < 1.29 is 32.7 Å². The number of benzene rings is 2. The van der Waals surface area contributed by atoms with E-state index in [0.717, 1.165) is 50.9 Å². The summed E-state index contributed by atoms with van der Waals surface area (Å²) in [4.78, 5) is 56.3. The zero-order valence-electron chi connectivity index (χ0n) is 32.7. The van der Waals surface area contributed by atoms with Crippen molar-refractivity contribution in [3.05, 3.63) is 87.7 Å². The number of aryl methyl sites for hydroxylation is 1. The maximum Gasteiger partial charge on any atom is 0.433 e. The van der Waals surface area contributed by atoms with Crippen LogP contribution in [0.5, 0.6) is 0 Å². The summed E-state index contributed by atoms with van der Waals surface area (Å²) in [5.74, 6) is 5.34. The minimum Gasteiger partial charge on any atom is -0.386 e. The molecule has 1 aliphatic heterocycles. The number of imidazole rings is 1. The van der Waals surface area contributed by atoms with Crippen LogP contribution in [0.1, 0.15) is 98.2 Å². The molecule has 5 aromatic rings. The molecule has 2 fully saturated rings. The number of halogens is 3. The number of alkyl halides is 3. The molecule has 1 atom stereocenters. The van der Waals surface area contributed by atoms with Crippen LogP contribution in [0, 0.1) is 17.8 Å². The molecule has 1 saturated carbocycles. The van der Waals surface area contributed by atoms with E-state index in [2.05, 4.69) is 39.4 Å². The fourth-order valence-corrected chi connectivity index (χ4v) is 8.09. The van der Waals surface area contributed by atoms with Gasteiger partial charge < -0.3 is 15.3 Å². The van der Waals surface area contributed by atoms with E-state index in [9.17, 15) is 37.5 Å². The summed E-state index contributed by atoms with van der Waals surface area (Å²) in [6.07, 6.45) is 2.08. The quantitative estimate of drug-likeness (QED) is 0.127. The zero-order valence-corrected chi connectivity index (χ0v) is 32.7. The van der Waals surface area contributed by atoms with Crippen LogP contribution in [0.2, 0.25) is 0 Å². The van der Waals surface area contributed by atoms with Crippen molar-refractivity contribution in [3.63, 3.8) is 0 Å². The Morgan fingerprint density at radius 2 is 1.79 bits per heavy atom. The van der Waals surface area contributed by atoms with Crippen LogP contribution in [0.3, 0.4) is 0 Å². The van der Waals surface area contributed by atoms with Crippen molar-refractivity contribution in [2.24, 2.45) is 13.0 Å². The highest BCUT2D eigenvalue weighted by atomic mass is 19.4. The number of hydrogen-bond acceptors (Lipinski definition) is 8. The minimum atomic E-state index is -4.70. The number of piperidine rings is 1. The molecule has 2 aliphatic rings. The Morgan fingerprint density at radius 3 is 2.50 bits per heavy atom. The fourth-order valence-electron chi connectivity index (χ4n) is 8.09. The first-order valence-electron chi connectivity index (χ1n) is 19.3. The van der Waals surface area contributed by atoms with Crippen LogP contribution in [0.25, 0.3) is 21.9 Å². The van der Waals surface area contributed by atoms with E-state index in [-0.39, 0.29) is 36.2 Å². The van der Waals surface area contributed by atoms with Gasteiger partial charge in [-0.3, -0.25) is 33.5 Å². The van der Waals surface area contributed by atoms with Crippen molar-refractivity contribution in [2.75, 3.05) is 25.5 Å². The highest BCUT2D eigenvalue weighted by Crippen LogP contribution is 2.36. The number of hydrogen-bond donors (Lipinski definition) is 3. The maximum atomic E-state index is 13.2. The number of imide groups is 1. The van der Waals surface area contributed by atoms with Crippen molar-refractivity contribution in [3.8, 4) is 11.8 Å². The lowest BCUT2D eigenvalue weighted by molar-refractivity contribution is -0.141. The smallest absolute Gasteiger partial charge is 0.386 e. The van der Waals surface area contributed by atoms with E-state index in [4.69, 9.17) is 5.10 Å². The summed E-state index contributed by atoms with van der Waals surface area (Å²) in [5, 5.41) is 21.5. The van der Waals surface area contributed by atoms with E-state index in [0.29, 0.717) is 45.4 Å². The van der Waals surface area contributed by atoms with Gasteiger partial charge in [0.1, 0.15) is 17.4 Å². The minimum absolute atomic E-state index is 0.154. The molecular formula is C42H45F3N8O5. The summed E-state index contributed by atoms with van der Waals surface area (Å²) in [6.45, 7) is 4.79. The monoisotopic (exact) mass is 798 g/mol. The van der Waals surface area contributed by atoms with Gasteiger partial charge >= 0.3 is 11.9 Å². The van der Waals surface area contributed by atoms with Gasteiger partial charge in [-0.25, -0.2) is 9.78 Å². The number of fused-ring (bicyclic) bond motifs is 2. The maximum absolute atomic E-state index is 13.2. The molecule has 304 valence electrons. The van der Waals surface area contributed by atoms with Gasteiger partial charge in [-0.1, -0.05) is 24.0 Å². The number of carbonyl (C=O) groups excluding carboxylic acids is 3. The average Bonchev–Trinajstić information content (AvgIpc) is 3.70. The molecule has 1 unspecified atom stereocenters.